The Balaban J connectivity index is 2.01. The van der Waals surface area contributed by atoms with Gasteiger partial charge in [-0.25, -0.2) is 4.79 Å². The number of allylic oxidation sites excluding steroid dienone is 7. The smallest absolute Gasteiger partial charge is 0.405 e. The third-order valence-electron chi connectivity index (χ3n) is 12.5. The third-order valence-corrected chi connectivity index (χ3v) is 12.5. The van der Waals surface area contributed by atoms with Gasteiger partial charge in [0.25, 0.3) is 0 Å². The van der Waals surface area contributed by atoms with E-state index in [-0.39, 0.29) is 36.4 Å². The lowest BCUT2D eigenvalue weighted by Crippen LogP contribution is -2.59. The van der Waals surface area contributed by atoms with Crippen LogP contribution in [0.1, 0.15) is 94.9 Å². The average Bonchev–Trinajstić information content (AvgIpc) is 3.16. The number of methoxy groups -OCH3 is 1. The molecule has 17 atom stereocenters. The fraction of sp³-hybridized carbons (Fsp3) is 0.711. The quantitative estimate of drug-likeness (QED) is 0.163. The van der Waals surface area contributed by atoms with E-state index in [0.717, 1.165) is 5.57 Å². The minimum atomic E-state index is -2.02. The molecule has 0 bridgehead atoms. The molecule has 2 aliphatic heterocycles. The monoisotopic (exact) mass is 833 g/mol. The average molecular weight is 834 g/mol. The first-order valence-electron chi connectivity index (χ1n) is 21.0. The van der Waals surface area contributed by atoms with Gasteiger partial charge in [0.1, 0.15) is 6.10 Å². The predicted molar refractivity (Wildman–Crippen MR) is 221 cm³/mol. The van der Waals surface area contributed by atoms with Gasteiger partial charge in [0.05, 0.1) is 56.1 Å². The maximum Gasteiger partial charge on any atom is 0.405 e. The van der Waals surface area contributed by atoms with Crippen LogP contribution >= 0.6 is 0 Å². The van der Waals surface area contributed by atoms with Gasteiger partial charge in [-0.15, -0.1) is 0 Å². The highest BCUT2D eigenvalue weighted by Crippen LogP contribution is 2.43. The van der Waals surface area contributed by atoms with Crippen molar-refractivity contribution in [3.63, 3.8) is 0 Å². The van der Waals surface area contributed by atoms with E-state index >= 15 is 0 Å². The topological polar surface area (TPSA) is 225 Å². The molecule has 1 aliphatic carbocycles. The Morgan fingerprint density at radius 1 is 1.08 bits per heavy atom. The van der Waals surface area contributed by atoms with Gasteiger partial charge in [0.15, 0.2) is 29.7 Å². The van der Waals surface area contributed by atoms with Crippen LogP contribution in [0.5, 0.6) is 0 Å². The van der Waals surface area contributed by atoms with Crippen LogP contribution in [0.15, 0.2) is 59.4 Å². The first kappa shape index (κ1) is 50.1. The molecule has 0 saturated carbocycles. The van der Waals surface area contributed by atoms with Gasteiger partial charge in [-0.05, 0) is 58.4 Å². The molecule has 1 amide bonds. The van der Waals surface area contributed by atoms with E-state index in [1.807, 2.05) is 40.7 Å². The summed E-state index contributed by atoms with van der Waals surface area (Å²) in [7, 11) is 1.34. The summed E-state index contributed by atoms with van der Waals surface area (Å²) < 4.78 is 29.1. The highest BCUT2D eigenvalue weighted by molar-refractivity contribution is 5.96. The van der Waals surface area contributed by atoms with Gasteiger partial charge in [-0.1, -0.05) is 89.1 Å². The second-order valence-electron chi connectivity index (χ2n) is 17.1. The van der Waals surface area contributed by atoms with Crippen LogP contribution in [0.2, 0.25) is 0 Å². The number of ether oxygens (including phenoxy) is 5. The highest BCUT2D eigenvalue weighted by atomic mass is 16.7. The first-order valence-corrected chi connectivity index (χ1v) is 21.0. The van der Waals surface area contributed by atoms with E-state index in [4.69, 9.17) is 29.4 Å². The molecule has 2 saturated heterocycles. The van der Waals surface area contributed by atoms with Crippen molar-refractivity contribution < 1.29 is 63.6 Å². The summed E-state index contributed by atoms with van der Waals surface area (Å²) in [6, 6.07) is 0. The fourth-order valence-electron chi connectivity index (χ4n) is 8.86. The molecule has 0 spiro atoms. The van der Waals surface area contributed by atoms with Crippen LogP contribution in [0, 0.1) is 41.4 Å². The van der Waals surface area contributed by atoms with Crippen molar-refractivity contribution in [2.24, 2.45) is 47.2 Å². The molecule has 59 heavy (non-hydrogen) atoms. The van der Waals surface area contributed by atoms with Crippen molar-refractivity contribution in [3.8, 4) is 0 Å². The molecule has 1 unspecified atom stereocenters. The molecule has 3 aliphatic rings. The van der Waals surface area contributed by atoms with Gasteiger partial charge in [-0.2, -0.15) is 0 Å². The maximum atomic E-state index is 14.5. The Kier molecular flexibility index (Phi) is 18.7. The molecule has 14 nitrogen and oxygen atoms in total. The summed E-state index contributed by atoms with van der Waals surface area (Å²) in [5, 5.41) is 58.8. The van der Waals surface area contributed by atoms with Crippen molar-refractivity contribution in [3.05, 3.63) is 59.4 Å². The predicted octanol–water partition coefficient (Wildman–Crippen LogP) is 4.81. The number of Topliss-reactive ketones (excluding diaryl/α,β-unsaturated/α-hetero) is 2. The molecule has 14 heteroatoms. The molecular weight excluding hydrogens is 762 g/mol. The van der Waals surface area contributed by atoms with Crippen LogP contribution in [-0.2, 0) is 33.3 Å². The summed E-state index contributed by atoms with van der Waals surface area (Å²) in [5.41, 5.74) is 6.66. The number of amides is 1. The summed E-state index contributed by atoms with van der Waals surface area (Å²) in [4.78, 5) is 38.7. The lowest BCUT2D eigenvalue weighted by atomic mass is 9.73. The second-order valence-corrected chi connectivity index (χ2v) is 17.1. The van der Waals surface area contributed by atoms with Crippen LogP contribution < -0.4 is 5.73 Å². The Bertz CT molecular complexity index is 1590. The molecule has 2 fully saturated rings. The zero-order valence-electron chi connectivity index (χ0n) is 36.7. The van der Waals surface area contributed by atoms with Gasteiger partial charge in [-0.3, -0.25) is 9.59 Å². The number of aliphatic hydroxyl groups excluding tert-OH is 4. The SMILES string of the molecule is C/C=C/[C@H]1O[C@@](O)([C@@H](C)[C@H](O)[C@H](C)[C@H]2C(=O)/C(OC)=C/C(C)=C/[C@@H](C)[C@@H](O)C(CC)[C@@H](O)[C@H](C)C/C(C)=C/C=C/[C@@H]2O)C[C@@H](O[C@@H]2CC(=O)[C@@H](OC(N)=O)[C@H](C)O2)[C@@H]1C. The third kappa shape index (κ3) is 12.7. The second kappa shape index (κ2) is 22.1. The minimum Gasteiger partial charge on any atom is -0.493 e. The van der Waals surface area contributed by atoms with Crippen LogP contribution in [-0.4, -0.2) is 111 Å². The van der Waals surface area contributed by atoms with Crippen molar-refractivity contribution in [1.82, 2.24) is 0 Å². The molecule has 334 valence electrons. The summed E-state index contributed by atoms with van der Waals surface area (Å²) in [6.45, 7) is 17.8. The van der Waals surface area contributed by atoms with Crippen LogP contribution in [0.25, 0.3) is 0 Å². The van der Waals surface area contributed by atoms with E-state index < -0.39 is 102 Å². The number of aliphatic hydroxyl groups is 5. The van der Waals surface area contributed by atoms with E-state index in [1.54, 1.807) is 58.9 Å². The van der Waals surface area contributed by atoms with Crippen LogP contribution in [0.3, 0.4) is 0 Å². The number of carbonyl (C=O) groups excluding carboxylic acids is 3. The maximum absolute atomic E-state index is 14.5. The number of primary amides is 1. The lowest BCUT2D eigenvalue weighted by Gasteiger charge is -2.49. The molecular formula is C45H71NO13. The summed E-state index contributed by atoms with van der Waals surface area (Å²) in [5.74, 6) is -7.72. The first-order chi connectivity index (χ1) is 27.6. The van der Waals surface area contributed by atoms with Crippen molar-refractivity contribution in [2.75, 3.05) is 7.11 Å². The number of ketones is 2. The van der Waals surface area contributed by atoms with Crippen molar-refractivity contribution in [2.45, 2.75) is 156 Å². The number of hydrogen-bond acceptors (Lipinski definition) is 13. The zero-order valence-corrected chi connectivity index (χ0v) is 36.7. The molecule has 3 rings (SSSR count). The molecule has 0 aromatic heterocycles. The molecule has 0 aromatic rings. The lowest BCUT2D eigenvalue weighted by molar-refractivity contribution is -0.332. The molecule has 0 radical (unpaired) electrons. The van der Waals surface area contributed by atoms with Crippen molar-refractivity contribution in [1.29, 1.82) is 0 Å². The molecule has 0 aromatic carbocycles. The highest BCUT2D eigenvalue weighted by Gasteiger charge is 2.53. The standard InChI is InChI=1S/C45H71NO13/c1-12-15-34-27(7)36(57-37-21-33(48)43(30(10)56-37)58-44(46)53)22-45(54,59-34)29(9)41(51)28(8)38-32(47)17-14-16-23(3)18-25(5)39(49)31(13-2)40(50)26(6)19-24(4)20-35(55-11)42(38)52/h12,14-17,19-20,25-32,34,36-41,43,47,49-51,54H,13,18,21-22H2,1-11H3,(H2,46,53)/b15-12+,17-14+,23-16+,24-19+,35-20-/t25-,26-,27-,28-,29+,30+,31?,32+,34-,36-,37-,38-,39+,40-,41-,43+,45-/m1/s1. The van der Waals surface area contributed by atoms with Crippen LogP contribution in [0.4, 0.5) is 4.79 Å². The van der Waals surface area contributed by atoms with Gasteiger partial charge < -0.3 is 55.0 Å². The van der Waals surface area contributed by atoms with Gasteiger partial charge in [0, 0.05) is 30.1 Å². The Morgan fingerprint density at radius 3 is 2.32 bits per heavy atom. The zero-order chi connectivity index (χ0) is 44.5. The van der Waals surface area contributed by atoms with Crippen molar-refractivity contribution >= 4 is 17.7 Å². The number of rotatable bonds is 10. The normalized spacial score (nSPS) is 41.9. The Hall–Kier alpha value is -3.21. The van der Waals surface area contributed by atoms with E-state index in [1.165, 1.54) is 19.3 Å². The largest absolute Gasteiger partial charge is 0.493 e. The molecule has 2 heterocycles. The van der Waals surface area contributed by atoms with E-state index in [2.05, 4.69) is 0 Å². The van der Waals surface area contributed by atoms with Gasteiger partial charge >= 0.3 is 6.09 Å². The fourth-order valence-corrected chi connectivity index (χ4v) is 8.86. The minimum absolute atomic E-state index is 0.0795. The number of hydrogen-bond donors (Lipinski definition) is 6. The number of nitrogens with two attached hydrogens (primary N) is 1. The Morgan fingerprint density at radius 2 is 1.75 bits per heavy atom. The summed E-state index contributed by atoms with van der Waals surface area (Å²) >= 11 is 0. The van der Waals surface area contributed by atoms with E-state index in [0.29, 0.717) is 18.4 Å². The Labute approximate surface area is 350 Å². The van der Waals surface area contributed by atoms with E-state index in [9.17, 15) is 39.9 Å². The van der Waals surface area contributed by atoms with Gasteiger partial charge in [0.2, 0.25) is 5.78 Å². The summed E-state index contributed by atoms with van der Waals surface area (Å²) in [6.07, 6.45) is 2.40. The molecule has 7 N–H and O–H groups in total. The number of carbonyl (C=O) groups is 3.